The van der Waals surface area contributed by atoms with Gasteiger partial charge < -0.3 is 5.11 Å². The molecule has 5 nitrogen and oxygen atoms in total. The Kier molecular flexibility index (Phi) is 4.76. The van der Waals surface area contributed by atoms with Crippen LogP contribution in [0.1, 0.15) is 33.5 Å². The average molecular weight is 380 g/mol. The Balaban J connectivity index is 1.73. The predicted octanol–water partition coefficient (Wildman–Crippen LogP) is 4.56. The van der Waals surface area contributed by atoms with Gasteiger partial charge in [0.1, 0.15) is 5.78 Å². The molecule has 0 saturated carbocycles. The lowest BCUT2D eigenvalue weighted by atomic mass is 9.98. The van der Waals surface area contributed by atoms with Crippen molar-refractivity contribution in [3.8, 4) is 17.2 Å². The Morgan fingerprint density at radius 1 is 0.931 bits per heavy atom. The molecule has 4 rings (SSSR count). The largest absolute Gasteiger partial charge is 0.478 e. The molecule has 0 aliphatic carbocycles. The lowest BCUT2D eigenvalue weighted by Gasteiger charge is -2.08. The number of aromatic carboxylic acids is 1. The van der Waals surface area contributed by atoms with Crippen LogP contribution < -0.4 is 0 Å². The topological polar surface area (TPSA) is 90.5 Å². The second kappa shape index (κ2) is 7.53. The maximum Gasteiger partial charge on any atom is 0.335 e. The third-order valence-corrected chi connectivity index (χ3v) is 4.88. The number of carboxylic acid groups (broad SMARTS) is 1. The first-order chi connectivity index (χ1) is 14.0. The summed E-state index contributed by atoms with van der Waals surface area (Å²) in [7, 11) is 0. The van der Waals surface area contributed by atoms with Crippen LogP contribution in [0, 0.1) is 11.3 Å². The number of nitriles is 1. The first-order valence-corrected chi connectivity index (χ1v) is 9.10. The van der Waals surface area contributed by atoms with Gasteiger partial charge >= 0.3 is 5.97 Å². The zero-order chi connectivity index (χ0) is 20.4. The van der Waals surface area contributed by atoms with Crippen LogP contribution >= 0.6 is 0 Å². The standard InChI is InChI=1S/C24H16N2O3/c25-14-15-2-1-3-19(10-15)23-13-21(27)12-20-11-18(8-9-22(20)26-23)16-4-6-17(7-5-16)24(28)29/h1-11H,12-13H2,(H,28,29). The molecule has 0 saturated heterocycles. The van der Waals surface area contributed by atoms with Crippen molar-refractivity contribution in [2.75, 3.05) is 0 Å². The van der Waals surface area contributed by atoms with E-state index in [9.17, 15) is 9.59 Å². The molecular formula is C24H16N2O3. The van der Waals surface area contributed by atoms with Crippen LogP contribution in [-0.4, -0.2) is 22.6 Å². The molecule has 0 radical (unpaired) electrons. The first-order valence-electron chi connectivity index (χ1n) is 9.10. The molecular weight excluding hydrogens is 364 g/mol. The normalized spacial score (nSPS) is 13.1. The maximum atomic E-state index is 12.5. The monoisotopic (exact) mass is 380 g/mol. The van der Waals surface area contributed by atoms with E-state index in [2.05, 4.69) is 6.07 Å². The van der Waals surface area contributed by atoms with Crippen molar-refractivity contribution < 1.29 is 14.7 Å². The van der Waals surface area contributed by atoms with E-state index in [1.807, 2.05) is 24.3 Å². The van der Waals surface area contributed by atoms with Crippen LogP contribution in [0.4, 0.5) is 5.69 Å². The second-order valence-corrected chi connectivity index (χ2v) is 6.87. The molecule has 0 aromatic heterocycles. The molecule has 1 N–H and O–H groups in total. The number of carboxylic acids is 1. The average Bonchev–Trinajstić information content (AvgIpc) is 2.91. The minimum Gasteiger partial charge on any atom is -0.478 e. The molecule has 3 aromatic rings. The van der Waals surface area contributed by atoms with Gasteiger partial charge in [0.2, 0.25) is 0 Å². The van der Waals surface area contributed by atoms with Crippen molar-refractivity contribution in [3.05, 3.63) is 89.0 Å². The Bertz CT molecular complexity index is 1200. The molecule has 1 heterocycles. The summed E-state index contributed by atoms with van der Waals surface area (Å²) in [5, 5.41) is 18.2. The van der Waals surface area contributed by atoms with E-state index >= 15 is 0 Å². The van der Waals surface area contributed by atoms with Crippen LogP contribution in [0.2, 0.25) is 0 Å². The van der Waals surface area contributed by atoms with Crippen molar-refractivity contribution in [2.24, 2.45) is 4.99 Å². The Labute approximate surface area is 167 Å². The summed E-state index contributed by atoms with van der Waals surface area (Å²) in [5.41, 5.74) is 5.54. The van der Waals surface area contributed by atoms with Gasteiger partial charge in [0, 0.05) is 12.8 Å². The van der Waals surface area contributed by atoms with Crippen molar-refractivity contribution in [1.82, 2.24) is 0 Å². The molecule has 140 valence electrons. The molecule has 0 amide bonds. The third kappa shape index (κ3) is 3.83. The molecule has 1 aliphatic rings. The number of hydrogen-bond donors (Lipinski definition) is 1. The highest BCUT2D eigenvalue weighted by Crippen LogP contribution is 2.31. The Hall–Kier alpha value is -4.04. The molecule has 1 aliphatic heterocycles. The van der Waals surface area contributed by atoms with Gasteiger partial charge in [-0.05, 0) is 58.7 Å². The lowest BCUT2D eigenvalue weighted by molar-refractivity contribution is -0.117. The van der Waals surface area contributed by atoms with E-state index < -0.39 is 5.97 Å². The smallest absolute Gasteiger partial charge is 0.335 e. The molecule has 0 fully saturated rings. The quantitative estimate of drug-likeness (QED) is 0.721. The summed E-state index contributed by atoms with van der Waals surface area (Å²) >= 11 is 0. The summed E-state index contributed by atoms with van der Waals surface area (Å²) < 4.78 is 0. The van der Waals surface area contributed by atoms with Gasteiger partial charge in [-0.15, -0.1) is 0 Å². The number of nitrogens with zero attached hydrogens (tertiary/aromatic N) is 2. The molecule has 5 heteroatoms. The van der Waals surface area contributed by atoms with Crippen molar-refractivity contribution >= 4 is 23.2 Å². The summed E-state index contributed by atoms with van der Waals surface area (Å²) in [4.78, 5) is 28.3. The summed E-state index contributed by atoms with van der Waals surface area (Å²) in [6.45, 7) is 0. The molecule has 3 aromatic carbocycles. The number of rotatable bonds is 3. The highest BCUT2D eigenvalue weighted by molar-refractivity contribution is 6.13. The van der Waals surface area contributed by atoms with Gasteiger partial charge in [-0.25, -0.2) is 4.79 Å². The zero-order valence-electron chi connectivity index (χ0n) is 15.4. The summed E-state index contributed by atoms with van der Waals surface area (Å²) in [6.07, 6.45) is 0.494. The van der Waals surface area contributed by atoms with Crippen LogP contribution in [0.5, 0.6) is 0 Å². The van der Waals surface area contributed by atoms with E-state index in [-0.39, 0.29) is 24.2 Å². The molecule has 0 bridgehead atoms. The minimum atomic E-state index is -0.966. The first kappa shape index (κ1) is 18.3. The summed E-state index contributed by atoms with van der Waals surface area (Å²) in [5.74, 6) is -0.908. The van der Waals surface area contributed by atoms with E-state index in [0.717, 1.165) is 27.9 Å². The minimum absolute atomic E-state index is 0.0586. The van der Waals surface area contributed by atoms with Gasteiger partial charge in [-0.1, -0.05) is 30.3 Å². The number of carbonyl (C=O) groups is 2. The lowest BCUT2D eigenvalue weighted by Crippen LogP contribution is -2.09. The highest BCUT2D eigenvalue weighted by Gasteiger charge is 2.18. The van der Waals surface area contributed by atoms with E-state index in [1.165, 1.54) is 0 Å². The Morgan fingerprint density at radius 2 is 1.69 bits per heavy atom. The van der Waals surface area contributed by atoms with Crippen molar-refractivity contribution in [2.45, 2.75) is 12.8 Å². The van der Waals surface area contributed by atoms with E-state index in [0.29, 0.717) is 11.3 Å². The van der Waals surface area contributed by atoms with Crippen molar-refractivity contribution in [1.29, 1.82) is 5.26 Å². The van der Waals surface area contributed by atoms with Gasteiger partial charge in [0.05, 0.1) is 28.6 Å². The number of carbonyl (C=O) groups excluding carboxylic acids is 1. The number of fused-ring (bicyclic) bond motifs is 1. The highest BCUT2D eigenvalue weighted by atomic mass is 16.4. The molecule has 29 heavy (non-hydrogen) atoms. The van der Waals surface area contributed by atoms with E-state index in [1.54, 1.807) is 42.5 Å². The fourth-order valence-electron chi connectivity index (χ4n) is 3.40. The van der Waals surface area contributed by atoms with Crippen LogP contribution in [-0.2, 0) is 11.2 Å². The molecule has 0 atom stereocenters. The molecule has 0 spiro atoms. The number of ketones is 1. The van der Waals surface area contributed by atoms with Crippen LogP contribution in [0.3, 0.4) is 0 Å². The number of benzene rings is 3. The third-order valence-electron chi connectivity index (χ3n) is 4.88. The maximum absolute atomic E-state index is 12.5. The van der Waals surface area contributed by atoms with Crippen LogP contribution in [0.25, 0.3) is 11.1 Å². The van der Waals surface area contributed by atoms with Gasteiger partial charge in [0.25, 0.3) is 0 Å². The number of Topliss-reactive ketones (excluding diaryl/α,β-unsaturated/α-hetero) is 1. The van der Waals surface area contributed by atoms with Gasteiger partial charge in [-0.3, -0.25) is 9.79 Å². The SMILES string of the molecule is N#Cc1cccc(C2=Nc3ccc(-c4ccc(C(=O)O)cc4)cc3CC(=O)C2)c1. The predicted molar refractivity (Wildman–Crippen MR) is 110 cm³/mol. The van der Waals surface area contributed by atoms with Crippen molar-refractivity contribution in [3.63, 3.8) is 0 Å². The van der Waals surface area contributed by atoms with E-state index in [4.69, 9.17) is 15.4 Å². The number of hydrogen-bond acceptors (Lipinski definition) is 4. The fraction of sp³-hybridized carbons (Fsp3) is 0.0833. The summed E-state index contributed by atoms with van der Waals surface area (Å²) in [6, 6.07) is 21.6. The fourth-order valence-corrected chi connectivity index (χ4v) is 3.40. The van der Waals surface area contributed by atoms with Gasteiger partial charge in [0.15, 0.2) is 0 Å². The van der Waals surface area contributed by atoms with Gasteiger partial charge in [-0.2, -0.15) is 5.26 Å². The zero-order valence-corrected chi connectivity index (χ0v) is 15.4. The van der Waals surface area contributed by atoms with Crippen LogP contribution in [0.15, 0.2) is 71.7 Å². The molecule has 0 unspecified atom stereocenters. The number of aliphatic imine (C=N–C) groups is 1. The second-order valence-electron chi connectivity index (χ2n) is 6.87. The Morgan fingerprint density at radius 3 is 2.41 bits per heavy atom.